The highest BCUT2D eigenvalue weighted by atomic mass is 16.6. The number of hydrogen-bond acceptors (Lipinski definition) is 5. The van der Waals surface area contributed by atoms with Gasteiger partial charge in [0.05, 0.1) is 6.61 Å². The quantitative estimate of drug-likeness (QED) is 0.0377. The first-order valence-corrected chi connectivity index (χ1v) is 24.3. The van der Waals surface area contributed by atoms with E-state index in [1.54, 1.807) is 0 Å². The zero-order valence-corrected chi connectivity index (χ0v) is 38.2. The summed E-state index contributed by atoms with van der Waals surface area (Å²) in [6, 6.07) is 0. The standard InChI is InChI=1S/C54H90O5/c1-3-5-7-9-11-13-15-17-18-19-20-21-22-23-24-25-26-27-28-29-30-31-32-33-34-35-36-37-39-41-43-45-47-49-54(57)59-52(50-55)51-58-53(56)48-46-44-42-40-38-16-14-12-10-8-6-4-2/h5,7,11-14,17-18,20-21,23-24,26-27,29-30,52,55H,3-4,6,8-10,15-16,19,22,25,28,31-51H2,1-2H3/b7-5-,13-11-,14-12-,18-17-,21-20-,24-23-,27-26-,30-29-. The fourth-order valence-corrected chi connectivity index (χ4v) is 6.47. The minimum absolute atomic E-state index is 0.0750. The van der Waals surface area contributed by atoms with E-state index in [-0.39, 0.29) is 25.2 Å². The van der Waals surface area contributed by atoms with Gasteiger partial charge in [-0.1, -0.05) is 201 Å². The minimum Gasteiger partial charge on any atom is -0.462 e. The van der Waals surface area contributed by atoms with E-state index in [1.165, 1.54) is 96.3 Å². The summed E-state index contributed by atoms with van der Waals surface area (Å²) in [5.41, 5.74) is 0. The van der Waals surface area contributed by atoms with Crippen LogP contribution in [0.4, 0.5) is 0 Å². The third kappa shape index (κ3) is 47.4. The van der Waals surface area contributed by atoms with Gasteiger partial charge in [-0.25, -0.2) is 0 Å². The fraction of sp³-hybridized carbons (Fsp3) is 0.667. The molecule has 0 aromatic carbocycles. The predicted octanol–water partition coefficient (Wildman–Crippen LogP) is 16.0. The predicted molar refractivity (Wildman–Crippen MR) is 256 cm³/mol. The van der Waals surface area contributed by atoms with Crippen molar-refractivity contribution in [3.63, 3.8) is 0 Å². The average Bonchev–Trinajstić information content (AvgIpc) is 3.24. The number of ether oxygens (including phenoxy) is 2. The normalized spacial score (nSPS) is 13.1. The van der Waals surface area contributed by atoms with Crippen molar-refractivity contribution in [3.05, 3.63) is 97.2 Å². The molecular weight excluding hydrogens is 729 g/mol. The molecular formula is C54H90O5. The summed E-state index contributed by atoms with van der Waals surface area (Å²) in [6.07, 6.45) is 69.3. The molecule has 1 atom stereocenters. The molecule has 0 heterocycles. The Kier molecular flexibility index (Phi) is 46.5. The number of aliphatic hydroxyl groups is 1. The molecule has 0 bridgehead atoms. The van der Waals surface area contributed by atoms with Crippen molar-refractivity contribution in [1.82, 2.24) is 0 Å². The summed E-state index contributed by atoms with van der Waals surface area (Å²) >= 11 is 0. The van der Waals surface area contributed by atoms with Crippen LogP contribution in [-0.2, 0) is 19.1 Å². The number of carbonyl (C=O) groups excluding carboxylic acids is 2. The number of carbonyl (C=O) groups is 2. The molecule has 59 heavy (non-hydrogen) atoms. The largest absolute Gasteiger partial charge is 0.462 e. The van der Waals surface area contributed by atoms with Crippen LogP contribution in [0.5, 0.6) is 0 Å². The second kappa shape index (κ2) is 49.2. The Morgan fingerprint density at radius 2 is 0.729 bits per heavy atom. The Hall–Kier alpha value is -3.18. The maximum absolute atomic E-state index is 12.2. The Morgan fingerprint density at radius 3 is 1.12 bits per heavy atom. The summed E-state index contributed by atoms with van der Waals surface area (Å²) in [7, 11) is 0. The molecule has 336 valence electrons. The van der Waals surface area contributed by atoms with Crippen LogP contribution in [0.15, 0.2) is 97.2 Å². The molecule has 0 fully saturated rings. The first kappa shape index (κ1) is 55.8. The van der Waals surface area contributed by atoms with Crippen molar-refractivity contribution in [1.29, 1.82) is 0 Å². The van der Waals surface area contributed by atoms with Gasteiger partial charge in [0.1, 0.15) is 6.61 Å². The molecule has 5 nitrogen and oxygen atoms in total. The van der Waals surface area contributed by atoms with Crippen LogP contribution < -0.4 is 0 Å². The Balaban J connectivity index is 3.55. The second-order valence-electron chi connectivity index (χ2n) is 15.8. The van der Waals surface area contributed by atoms with Gasteiger partial charge in [0, 0.05) is 12.8 Å². The summed E-state index contributed by atoms with van der Waals surface area (Å²) in [4.78, 5) is 24.3. The van der Waals surface area contributed by atoms with E-state index in [2.05, 4.69) is 111 Å². The molecule has 5 heteroatoms. The Bertz CT molecular complexity index is 1150. The maximum atomic E-state index is 12.2. The van der Waals surface area contributed by atoms with E-state index in [4.69, 9.17) is 9.47 Å². The monoisotopic (exact) mass is 819 g/mol. The van der Waals surface area contributed by atoms with Gasteiger partial charge in [-0.15, -0.1) is 0 Å². The molecule has 0 amide bonds. The zero-order valence-electron chi connectivity index (χ0n) is 38.2. The van der Waals surface area contributed by atoms with Crippen molar-refractivity contribution < 1.29 is 24.2 Å². The molecule has 0 aliphatic rings. The molecule has 0 saturated carbocycles. The van der Waals surface area contributed by atoms with Crippen LogP contribution in [-0.4, -0.2) is 36.4 Å². The lowest BCUT2D eigenvalue weighted by molar-refractivity contribution is -0.161. The van der Waals surface area contributed by atoms with Crippen LogP contribution in [0.25, 0.3) is 0 Å². The van der Waals surface area contributed by atoms with Gasteiger partial charge in [0.15, 0.2) is 6.10 Å². The van der Waals surface area contributed by atoms with Gasteiger partial charge in [0.25, 0.3) is 0 Å². The molecule has 0 aliphatic heterocycles. The van der Waals surface area contributed by atoms with E-state index in [1.807, 2.05) is 0 Å². The van der Waals surface area contributed by atoms with Crippen LogP contribution in [0.2, 0.25) is 0 Å². The molecule has 0 aliphatic carbocycles. The molecule has 1 N–H and O–H groups in total. The molecule has 0 rings (SSSR count). The van der Waals surface area contributed by atoms with Crippen LogP contribution in [0.3, 0.4) is 0 Å². The average molecular weight is 819 g/mol. The van der Waals surface area contributed by atoms with Crippen LogP contribution in [0, 0.1) is 0 Å². The summed E-state index contributed by atoms with van der Waals surface area (Å²) in [6.45, 7) is 3.98. The molecule has 0 aromatic heterocycles. The summed E-state index contributed by atoms with van der Waals surface area (Å²) in [5.74, 6) is -0.609. The first-order valence-electron chi connectivity index (χ1n) is 24.3. The van der Waals surface area contributed by atoms with E-state index in [0.717, 1.165) is 89.9 Å². The highest BCUT2D eigenvalue weighted by molar-refractivity contribution is 5.70. The van der Waals surface area contributed by atoms with Gasteiger partial charge in [-0.3, -0.25) is 9.59 Å². The fourth-order valence-electron chi connectivity index (χ4n) is 6.47. The maximum Gasteiger partial charge on any atom is 0.306 e. The third-order valence-electron chi connectivity index (χ3n) is 10.1. The number of allylic oxidation sites excluding steroid dienone is 16. The molecule has 0 aromatic rings. The van der Waals surface area contributed by atoms with Crippen molar-refractivity contribution in [2.45, 2.75) is 219 Å². The third-order valence-corrected chi connectivity index (χ3v) is 10.1. The minimum atomic E-state index is -0.781. The smallest absolute Gasteiger partial charge is 0.306 e. The number of esters is 2. The second-order valence-corrected chi connectivity index (χ2v) is 15.8. The van der Waals surface area contributed by atoms with Crippen LogP contribution in [0.1, 0.15) is 213 Å². The van der Waals surface area contributed by atoms with Gasteiger partial charge >= 0.3 is 11.9 Å². The van der Waals surface area contributed by atoms with Crippen LogP contribution >= 0.6 is 0 Å². The Morgan fingerprint density at radius 1 is 0.407 bits per heavy atom. The van der Waals surface area contributed by atoms with E-state index in [0.29, 0.717) is 12.8 Å². The van der Waals surface area contributed by atoms with Crippen molar-refractivity contribution in [3.8, 4) is 0 Å². The molecule has 0 radical (unpaired) electrons. The number of unbranched alkanes of at least 4 members (excludes halogenated alkanes) is 19. The Labute approximate surface area is 364 Å². The topological polar surface area (TPSA) is 72.8 Å². The van der Waals surface area contributed by atoms with E-state index < -0.39 is 6.10 Å². The molecule has 1 unspecified atom stereocenters. The number of aliphatic hydroxyl groups excluding tert-OH is 1. The van der Waals surface area contributed by atoms with Gasteiger partial charge in [-0.2, -0.15) is 0 Å². The summed E-state index contributed by atoms with van der Waals surface area (Å²) < 4.78 is 10.6. The molecule has 0 spiro atoms. The summed E-state index contributed by atoms with van der Waals surface area (Å²) in [5, 5.41) is 9.59. The highest BCUT2D eigenvalue weighted by Gasteiger charge is 2.16. The SMILES string of the molecule is CC/C=C\C/C=C\C/C=C\C/C=C\C/C=C\C/C=C\C/C=C\CCCCCCCCCCCCCC(=O)OC(CO)COC(=O)CCCCCCC/C=C\CCCCC. The first-order chi connectivity index (χ1) is 29.1. The van der Waals surface area contributed by atoms with Crippen molar-refractivity contribution in [2.24, 2.45) is 0 Å². The number of hydrogen-bond donors (Lipinski definition) is 1. The van der Waals surface area contributed by atoms with Gasteiger partial charge < -0.3 is 14.6 Å². The highest BCUT2D eigenvalue weighted by Crippen LogP contribution is 2.14. The van der Waals surface area contributed by atoms with Gasteiger partial charge in [-0.05, 0) is 96.3 Å². The van der Waals surface area contributed by atoms with Gasteiger partial charge in [0.2, 0.25) is 0 Å². The van der Waals surface area contributed by atoms with E-state index in [9.17, 15) is 14.7 Å². The lowest BCUT2D eigenvalue weighted by atomic mass is 10.0. The van der Waals surface area contributed by atoms with Crippen molar-refractivity contribution >= 4 is 11.9 Å². The zero-order chi connectivity index (χ0) is 42.8. The number of rotatable bonds is 43. The van der Waals surface area contributed by atoms with Crippen molar-refractivity contribution in [2.75, 3.05) is 13.2 Å². The lowest BCUT2D eigenvalue weighted by Gasteiger charge is -2.15. The molecule has 0 saturated heterocycles. The lowest BCUT2D eigenvalue weighted by Crippen LogP contribution is -2.28. The van der Waals surface area contributed by atoms with E-state index >= 15 is 0 Å².